The number of pyridine rings is 1. The van der Waals surface area contributed by atoms with Crippen molar-refractivity contribution in [3.63, 3.8) is 0 Å². The van der Waals surface area contributed by atoms with Crippen LogP contribution in [-0.2, 0) is 0 Å². The third-order valence-electron chi connectivity index (χ3n) is 3.37. The fraction of sp³-hybridized carbons (Fsp3) is 0. The van der Waals surface area contributed by atoms with Crippen molar-refractivity contribution in [2.24, 2.45) is 0 Å². The van der Waals surface area contributed by atoms with E-state index in [1.165, 1.54) is 5.39 Å². The zero-order chi connectivity index (χ0) is 13.5. The molecule has 20 heavy (non-hydrogen) atoms. The molecule has 1 aliphatic rings. The Bertz CT molecular complexity index is 812. The second kappa shape index (κ2) is 4.39. The molecule has 0 saturated carbocycles. The molecule has 96 valence electrons. The van der Waals surface area contributed by atoms with Crippen molar-refractivity contribution in [3.05, 3.63) is 72.3 Å². The SMILES string of the molecule is C=C1Sc2cc3ccccc3nc2N1c1ccccc1. The maximum atomic E-state index is 4.81. The average Bonchev–Trinajstić information content (AvgIpc) is 2.80. The lowest BCUT2D eigenvalue weighted by molar-refractivity contribution is 1.17. The maximum Gasteiger partial charge on any atom is 0.152 e. The van der Waals surface area contributed by atoms with Gasteiger partial charge in [-0.1, -0.05) is 54.7 Å². The summed E-state index contributed by atoms with van der Waals surface area (Å²) in [6, 6.07) is 20.6. The minimum absolute atomic E-state index is 0.977. The topological polar surface area (TPSA) is 16.1 Å². The zero-order valence-electron chi connectivity index (χ0n) is 10.8. The minimum Gasteiger partial charge on any atom is -0.288 e. The Morgan fingerprint density at radius 1 is 0.950 bits per heavy atom. The molecule has 0 N–H and O–H groups in total. The molecule has 1 aromatic heterocycles. The van der Waals surface area contributed by atoms with Crippen molar-refractivity contribution in [1.29, 1.82) is 0 Å². The van der Waals surface area contributed by atoms with E-state index in [2.05, 4.69) is 35.7 Å². The van der Waals surface area contributed by atoms with E-state index in [9.17, 15) is 0 Å². The number of aromatic nitrogens is 1. The minimum atomic E-state index is 0.977. The molecule has 2 aromatic carbocycles. The van der Waals surface area contributed by atoms with Crippen molar-refractivity contribution in [1.82, 2.24) is 4.98 Å². The second-order valence-corrected chi connectivity index (χ2v) is 5.78. The van der Waals surface area contributed by atoms with E-state index >= 15 is 0 Å². The molecule has 0 fully saturated rings. The smallest absolute Gasteiger partial charge is 0.152 e. The fourth-order valence-electron chi connectivity index (χ4n) is 2.46. The Morgan fingerprint density at radius 3 is 2.55 bits per heavy atom. The Morgan fingerprint density at radius 2 is 1.70 bits per heavy atom. The molecule has 0 aliphatic carbocycles. The summed E-state index contributed by atoms with van der Waals surface area (Å²) in [5.41, 5.74) is 2.12. The van der Waals surface area contributed by atoms with Gasteiger partial charge in [0.1, 0.15) is 0 Å². The van der Waals surface area contributed by atoms with Crippen LogP contribution in [-0.4, -0.2) is 4.98 Å². The van der Waals surface area contributed by atoms with E-state index in [4.69, 9.17) is 4.98 Å². The lowest BCUT2D eigenvalue weighted by atomic mass is 10.2. The first-order valence-corrected chi connectivity index (χ1v) is 7.26. The first-order chi connectivity index (χ1) is 9.83. The van der Waals surface area contributed by atoms with E-state index in [0.29, 0.717) is 0 Å². The van der Waals surface area contributed by atoms with Gasteiger partial charge in [0.05, 0.1) is 15.4 Å². The van der Waals surface area contributed by atoms with Gasteiger partial charge in [-0.3, -0.25) is 4.90 Å². The first-order valence-electron chi connectivity index (χ1n) is 6.45. The molecule has 0 unspecified atom stereocenters. The summed E-state index contributed by atoms with van der Waals surface area (Å²) in [5.74, 6) is 0.977. The van der Waals surface area contributed by atoms with Crippen molar-refractivity contribution >= 4 is 34.2 Å². The average molecular weight is 276 g/mol. The molecule has 0 atom stereocenters. The quantitative estimate of drug-likeness (QED) is 0.625. The molecule has 0 spiro atoms. The van der Waals surface area contributed by atoms with Gasteiger partial charge in [0.25, 0.3) is 0 Å². The van der Waals surface area contributed by atoms with Gasteiger partial charge in [0.2, 0.25) is 0 Å². The molecule has 4 rings (SSSR count). The summed E-state index contributed by atoms with van der Waals surface area (Å²) >= 11 is 1.68. The fourth-order valence-corrected chi connectivity index (χ4v) is 3.41. The van der Waals surface area contributed by atoms with Crippen LogP contribution in [0, 0.1) is 0 Å². The van der Waals surface area contributed by atoms with Gasteiger partial charge in [-0.05, 0) is 24.3 Å². The highest BCUT2D eigenvalue weighted by molar-refractivity contribution is 8.03. The Kier molecular flexibility index (Phi) is 2.54. The van der Waals surface area contributed by atoms with Gasteiger partial charge in [-0.25, -0.2) is 4.98 Å². The van der Waals surface area contributed by atoms with Gasteiger partial charge in [-0.15, -0.1) is 0 Å². The Hall–Kier alpha value is -2.26. The number of fused-ring (bicyclic) bond motifs is 2. The number of hydrogen-bond acceptors (Lipinski definition) is 3. The number of hydrogen-bond donors (Lipinski definition) is 0. The van der Waals surface area contributed by atoms with Crippen LogP contribution in [0.5, 0.6) is 0 Å². The number of thioether (sulfide) groups is 1. The van der Waals surface area contributed by atoms with Crippen LogP contribution in [0.2, 0.25) is 0 Å². The van der Waals surface area contributed by atoms with Crippen LogP contribution in [0.4, 0.5) is 11.5 Å². The van der Waals surface area contributed by atoms with Gasteiger partial charge < -0.3 is 0 Å². The number of para-hydroxylation sites is 2. The van der Waals surface area contributed by atoms with Gasteiger partial charge in [0, 0.05) is 11.1 Å². The van der Waals surface area contributed by atoms with Crippen molar-refractivity contribution < 1.29 is 0 Å². The molecule has 0 amide bonds. The molecule has 0 bridgehead atoms. The second-order valence-electron chi connectivity index (χ2n) is 4.67. The predicted molar refractivity (Wildman–Crippen MR) is 85.3 cm³/mol. The third-order valence-corrected chi connectivity index (χ3v) is 4.31. The molecular formula is C17H12N2S. The molecular weight excluding hydrogens is 264 g/mol. The van der Waals surface area contributed by atoms with Crippen molar-refractivity contribution in [3.8, 4) is 0 Å². The molecule has 2 heterocycles. The summed E-state index contributed by atoms with van der Waals surface area (Å²) in [5, 5.41) is 2.16. The molecule has 3 heteroatoms. The molecule has 0 saturated heterocycles. The van der Waals surface area contributed by atoms with Crippen LogP contribution in [0.25, 0.3) is 10.9 Å². The van der Waals surface area contributed by atoms with E-state index in [1.807, 2.05) is 36.4 Å². The zero-order valence-corrected chi connectivity index (χ0v) is 11.6. The highest BCUT2D eigenvalue weighted by Crippen LogP contribution is 2.48. The Balaban J connectivity index is 1.94. The van der Waals surface area contributed by atoms with E-state index in [0.717, 1.165) is 26.9 Å². The third kappa shape index (κ3) is 1.71. The van der Waals surface area contributed by atoms with Crippen LogP contribution in [0.3, 0.4) is 0 Å². The molecule has 0 radical (unpaired) electrons. The summed E-state index contributed by atoms with van der Waals surface area (Å²) in [4.78, 5) is 8.09. The summed E-state index contributed by atoms with van der Waals surface area (Å²) in [6.07, 6.45) is 0. The van der Waals surface area contributed by atoms with Crippen molar-refractivity contribution in [2.45, 2.75) is 4.90 Å². The largest absolute Gasteiger partial charge is 0.288 e. The van der Waals surface area contributed by atoms with Crippen LogP contribution < -0.4 is 4.90 Å². The number of nitrogens with zero attached hydrogens (tertiary/aromatic N) is 2. The number of anilines is 2. The summed E-state index contributed by atoms with van der Waals surface area (Å²) < 4.78 is 0. The lowest BCUT2D eigenvalue weighted by Gasteiger charge is -2.18. The lowest BCUT2D eigenvalue weighted by Crippen LogP contribution is -2.10. The molecule has 3 aromatic rings. The monoisotopic (exact) mass is 276 g/mol. The highest BCUT2D eigenvalue weighted by atomic mass is 32.2. The highest BCUT2D eigenvalue weighted by Gasteiger charge is 2.26. The normalized spacial score (nSPS) is 13.8. The van der Waals surface area contributed by atoms with Crippen LogP contribution in [0.15, 0.2) is 77.2 Å². The summed E-state index contributed by atoms with van der Waals surface area (Å²) in [6.45, 7) is 4.17. The van der Waals surface area contributed by atoms with E-state index in [1.54, 1.807) is 11.8 Å². The Labute approximate surface area is 121 Å². The van der Waals surface area contributed by atoms with Gasteiger partial charge in [-0.2, -0.15) is 0 Å². The maximum absolute atomic E-state index is 4.81. The first kappa shape index (κ1) is 11.6. The van der Waals surface area contributed by atoms with Crippen molar-refractivity contribution in [2.75, 3.05) is 4.90 Å². The number of benzene rings is 2. The van der Waals surface area contributed by atoms with Gasteiger partial charge >= 0.3 is 0 Å². The van der Waals surface area contributed by atoms with E-state index < -0.39 is 0 Å². The molecule has 1 aliphatic heterocycles. The van der Waals surface area contributed by atoms with Gasteiger partial charge in [0.15, 0.2) is 5.82 Å². The summed E-state index contributed by atoms with van der Waals surface area (Å²) in [7, 11) is 0. The molecule has 2 nitrogen and oxygen atoms in total. The van der Waals surface area contributed by atoms with Crippen LogP contribution >= 0.6 is 11.8 Å². The number of rotatable bonds is 1. The van der Waals surface area contributed by atoms with E-state index in [-0.39, 0.29) is 0 Å². The predicted octanol–water partition coefficient (Wildman–Crippen LogP) is 4.95. The standard InChI is InChI=1S/C17H12N2S/c1-12-19(14-8-3-2-4-9-14)17-16(20-12)11-13-7-5-6-10-15(13)18-17/h2-11H,1H2. The van der Waals surface area contributed by atoms with Crippen LogP contribution in [0.1, 0.15) is 0 Å².